The topological polar surface area (TPSA) is 174 Å². The van der Waals surface area contributed by atoms with Gasteiger partial charge in [0.2, 0.25) is 5.28 Å². The maximum atomic E-state index is 11.9. The number of para-hydroxylation sites is 3. The average molecular weight is 1560 g/mol. The van der Waals surface area contributed by atoms with E-state index in [-0.39, 0.29) is 17.0 Å². The number of carbonyl (C=O) groups is 1. The van der Waals surface area contributed by atoms with Crippen molar-refractivity contribution in [2.75, 3.05) is 0 Å². The van der Waals surface area contributed by atoms with Gasteiger partial charge < -0.3 is 23.3 Å². The summed E-state index contributed by atoms with van der Waals surface area (Å²) in [5.41, 5.74) is 24.7. The highest BCUT2D eigenvalue weighted by Crippen LogP contribution is 2.58. The van der Waals surface area contributed by atoms with Gasteiger partial charge in [0.25, 0.3) is 0 Å². The van der Waals surface area contributed by atoms with Crippen molar-refractivity contribution >= 4 is 95.8 Å². The van der Waals surface area contributed by atoms with E-state index in [0.717, 1.165) is 111 Å². The molecule has 564 valence electrons. The van der Waals surface area contributed by atoms with E-state index in [9.17, 15) is 14.8 Å². The molecule has 21 aromatic rings. The van der Waals surface area contributed by atoms with Crippen LogP contribution in [0.4, 0.5) is 0 Å². The smallest absolute Gasteiger partial charge is 0.456 e. The molecule has 0 unspecified atom stereocenters. The van der Waals surface area contributed by atoms with Crippen LogP contribution in [0.1, 0.15) is 61.0 Å². The Kier molecular flexibility index (Phi) is 19.1. The Morgan fingerprint density at radius 2 is 0.580 bits per heavy atom. The highest BCUT2D eigenvalue weighted by molar-refractivity contribution is 6.62. The van der Waals surface area contributed by atoms with Crippen LogP contribution in [0.5, 0.6) is 0 Å². The van der Waals surface area contributed by atoms with Crippen molar-refractivity contribution in [1.82, 2.24) is 29.9 Å². The SMILES string of the molecule is Clc1nc(-c2ccccc2)nc(-c2ccccc2)n1.O=C1c2ccccc2-c2ccccc21.OB(O)c1cccc2oc3ccccc3c12.c1ccc(-c2nc(-c3ccccc3)nc(C3(c4cccc5oc6ccccc6c45)c4ccccc4-c4ccccc43)n2)cc1.c1ccc2c(c1)-c1ccccc1C2c1cccc2oc3ccccc3c12. The second kappa shape index (κ2) is 31.2. The summed E-state index contributed by atoms with van der Waals surface area (Å²) in [6.45, 7) is 0. The molecule has 24 rings (SSSR count). The number of nitrogens with zero attached hydrogens (tertiary/aromatic N) is 6. The molecule has 3 aliphatic rings. The van der Waals surface area contributed by atoms with Crippen LogP contribution in [0.3, 0.4) is 0 Å². The fourth-order valence-electron chi connectivity index (χ4n) is 17.3. The van der Waals surface area contributed by atoms with Crippen molar-refractivity contribution in [3.63, 3.8) is 0 Å². The Bertz CT molecular complexity index is 7170. The molecule has 0 aliphatic heterocycles. The molecule has 0 bridgehead atoms. The monoisotopic (exact) mass is 1550 g/mol. The van der Waals surface area contributed by atoms with Crippen LogP contribution in [0.25, 0.3) is 145 Å². The number of rotatable bonds is 8. The summed E-state index contributed by atoms with van der Waals surface area (Å²) < 4.78 is 18.2. The Hall–Kier alpha value is -15.1. The number of furan rings is 3. The van der Waals surface area contributed by atoms with Crippen LogP contribution in [0.2, 0.25) is 5.28 Å². The molecule has 16 aromatic carbocycles. The number of benzene rings is 16. The van der Waals surface area contributed by atoms with Crippen LogP contribution in [0.15, 0.2) is 408 Å². The summed E-state index contributed by atoms with van der Waals surface area (Å²) in [5.74, 6) is 3.52. The fourth-order valence-corrected chi connectivity index (χ4v) is 17.4. The zero-order valence-corrected chi connectivity index (χ0v) is 64.5. The largest absolute Gasteiger partial charge is 0.489 e. The van der Waals surface area contributed by atoms with Crippen LogP contribution in [-0.4, -0.2) is 52.9 Å². The van der Waals surface area contributed by atoms with Gasteiger partial charge in [-0.3, -0.25) is 4.79 Å². The van der Waals surface area contributed by atoms with Crippen molar-refractivity contribution in [2.24, 2.45) is 0 Å². The van der Waals surface area contributed by atoms with Crippen molar-refractivity contribution in [3.05, 3.63) is 450 Å². The van der Waals surface area contributed by atoms with Crippen molar-refractivity contribution < 1.29 is 28.1 Å². The molecule has 0 saturated carbocycles. The maximum absolute atomic E-state index is 11.9. The molecule has 0 amide bonds. The summed E-state index contributed by atoms with van der Waals surface area (Å²) in [6.07, 6.45) is 0. The molecule has 14 heteroatoms. The van der Waals surface area contributed by atoms with Gasteiger partial charge >= 0.3 is 7.12 Å². The van der Waals surface area contributed by atoms with E-state index in [2.05, 4.69) is 203 Å². The minimum atomic E-state index is -1.48. The van der Waals surface area contributed by atoms with Gasteiger partial charge in [0.1, 0.15) is 38.9 Å². The lowest BCUT2D eigenvalue weighted by Gasteiger charge is -2.32. The summed E-state index contributed by atoms with van der Waals surface area (Å²) in [7, 11) is -1.48. The summed E-state index contributed by atoms with van der Waals surface area (Å²) in [5, 5.41) is 25.1. The Balaban J connectivity index is 0.000000103. The Labute approximate surface area is 689 Å². The molecule has 119 heavy (non-hydrogen) atoms. The van der Waals surface area contributed by atoms with E-state index in [1.807, 2.05) is 194 Å². The molecule has 3 aliphatic carbocycles. The second-order valence-electron chi connectivity index (χ2n) is 29.2. The lowest BCUT2D eigenvalue weighted by Crippen LogP contribution is -2.32. The number of ketones is 1. The summed E-state index contributed by atoms with van der Waals surface area (Å²) in [4.78, 5) is 40.5. The fraction of sp³-hybridized carbons (Fsp3) is 0.0190. The molecular weight excluding hydrogens is 1490 g/mol. The average Bonchev–Trinajstić information content (AvgIpc) is 1.53. The molecule has 5 aromatic heterocycles. The number of hydrogen-bond donors (Lipinski definition) is 2. The van der Waals surface area contributed by atoms with Gasteiger partial charge in [-0.25, -0.2) is 19.9 Å². The highest BCUT2D eigenvalue weighted by Gasteiger charge is 2.50. The molecule has 0 fully saturated rings. The first-order chi connectivity index (χ1) is 58.7. The van der Waals surface area contributed by atoms with E-state index in [1.54, 1.807) is 12.1 Å². The van der Waals surface area contributed by atoms with Gasteiger partial charge in [-0.15, -0.1) is 0 Å². The van der Waals surface area contributed by atoms with Gasteiger partial charge in [-0.2, -0.15) is 9.97 Å². The van der Waals surface area contributed by atoms with Gasteiger partial charge in [0, 0.05) is 71.6 Å². The van der Waals surface area contributed by atoms with Gasteiger partial charge in [-0.1, -0.05) is 358 Å². The number of hydrogen-bond acceptors (Lipinski definition) is 12. The van der Waals surface area contributed by atoms with Crippen LogP contribution in [0, 0.1) is 0 Å². The second-order valence-corrected chi connectivity index (χ2v) is 29.5. The minimum Gasteiger partial charge on any atom is -0.456 e. The minimum absolute atomic E-state index is 0.149. The zero-order valence-electron chi connectivity index (χ0n) is 63.8. The molecular formula is C105H68BClN6O6. The Morgan fingerprint density at radius 1 is 0.269 bits per heavy atom. The Morgan fingerprint density at radius 3 is 1.03 bits per heavy atom. The molecule has 12 nitrogen and oxygen atoms in total. The summed E-state index contributed by atoms with van der Waals surface area (Å²) >= 11 is 5.99. The predicted octanol–water partition coefficient (Wildman–Crippen LogP) is 24.2. The lowest BCUT2D eigenvalue weighted by atomic mass is 9.70. The molecule has 0 radical (unpaired) electrons. The molecule has 0 spiro atoms. The van der Waals surface area contributed by atoms with Gasteiger partial charge in [-0.05, 0) is 120 Å². The third kappa shape index (κ3) is 13.2. The van der Waals surface area contributed by atoms with E-state index < -0.39 is 12.5 Å². The van der Waals surface area contributed by atoms with E-state index >= 15 is 0 Å². The first-order valence-electron chi connectivity index (χ1n) is 39.3. The maximum Gasteiger partial charge on any atom is 0.489 e. The van der Waals surface area contributed by atoms with Gasteiger partial charge in [0.05, 0.1) is 0 Å². The van der Waals surface area contributed by atoms with Crippen molar-refractivity contribution in [1.29, 1.82) is 0 Å². The normalized spacial score (nSPS) is 12.4. The number of carbonyl (C=O) groups excluding carboxylic acids is 1. The third-order valence-electron chi connectivity index (χ3n) is 22.4. The van der Waals surface area contributed by atoms with E-state index in [4.69, 9.17) is 39.8 Å². The quantitative estimate of drug-likeness (QED) is 0.138. The van der Waals surface area contributed by atoms with Gasteiger partial charge in [0.15, 0.2) is 34.9 Å². The van der Waals surface area contributed by atoms with Crippen LogP contribution in [-0.2, 0) is 5.41 Å². The van der Waals surface area contributed by atoms with Crippen molar-refractivity contribution in [2.45, 2.75) is 11.3 Å². The van der Waals surface area contributed by atoms with Crippen LogP contribution >= 0.6 is 11.6 Å². The number of aromatic nitrogens is 6. The number of fused-ring (bicyclic) bond motifs is 18. The molecule has 5 heterocycles. The third-order valence-corrected chi connectivity index (χ3v) is 22.6. The van der Waals surface area contributed by atoms with Crippen molar-refractivity contribution in [3.8, 4) is 78.9 Å². The standard InChI is InChI=1S/C40H25N3O.C25H16O.C15H10ClN3.C13H8O.C12H9BO3/c1-3-14-26(15-4-1)37-41-38(27-16-5-2-6-17-27)43-39(42-37)40(31-21-10-7-18-28(31)29-19-8-11-22-32(29)40)33-23-13-25-35-36(33)30-20-9-12-24-34(30)44-35;1-3-10-18-16(8-1)17-9-2-4-11-19(17)24(18)21-13-7-15-23-25(21)20-12-5-6-14-22(20)26-23;16-15-18-13(11-7-3-1-4-8-11)17-14(19-15)12-9-5-2-6-10-12;14-13-11-7-3-1-5-9(11)10-6-2-4-8-12(10)13;14-13(15)9-5-3-7-11-12(9)8-4-1-2-6-10(8)16-11/h1-25H;1-15,24H;1-10H;1-8H;1-7,14-15H. The van der Waals surface area contributed by atoms with E-state index in [0.29, 0.717) is 40.2 Å². The van der Waals surface area contributed by atoms with Crippen LogP contribution < -0.4 is 5.46 Å². The molecule has 0 saturated heterocycles. The lowest BCUT2D eigenvalue weighted by molar-refractivity contribution is 0.104. The number of halogens is 1. The van der Waals surface area contributed by atoms with E-state index in [1.165, 1.54) is 49.7 Å². The molecule has 0 atom stereocenters. The first kappa shape index (κ1) is 72.8. The zero-order chi connectivity index (χ0) is 79.9. The highest BCUT2D eigenvalue weighted by atomic mass is 35.5. The first-order valence-corrected chi connectivity index (χ1v) is 39.7. The summed E-state index contributed by atoms with van der Waals surface area (Å²) in [6, 6.07) is 132. The predicted molar refractivity (Wildman–Crippen MR) is 476 cm³/mol. The molecule has 2 N–H and O–H groups in total.